The van der Waals surface area contributed by atoms with E-state index in [2.05, 4.69) is 4.74 Å². The van der Waals surface area contributed by atoms with Gasteiger partial charge in [-0.25, -0.2) is 13.2 Å². The number of alkyl halides is 1. The molecule has 1 amide bonds. The Balaban J connectivity index is 2.48. The van der Waals surface area contributed by atoms with E-state index < -0.39 is 50.0 Å². The summed E-state index contributed by atoms with van der Waals surface area (Å²) in [5.41, 5.74) is 5.49. The van der Waals surface area contributed by atoms with Crippen LogP contribution in [0.4, 0.5) is 0 Å². The lowest BCUT2D eigenvalue weighted by Crippen LogP contribution is -2.70. The first-order chi connectivity index (χ1) is 8.17. The van der Waals surface area contributed by atoms with Crippen LogP contribution in [0.3, 0.4) is 0 Å². The SMILES string of the molecule is CC1(C)[C@H](C(=O)OCCl)N2C(=O)C(N)[C@H]2S1(=O)=O. The second-order valence-corrected chi connectivity index (χ2v) is 7.63. The number of halogens is 1. The molecule has 2 heterocycles. The number of hydrogen-bond acceptors (Lipinski definition) is 6. The van der Waals surface area contributed by atoms with Crippen LogP contribution in [0.25, 0.3) is 0 Å². The van der Waals surface area contributed by atoms with Gasteiger partial charge in [-0.3, -0.25) is 4.79 Å². The maximum Gasteiger partial charge on any atom is 0.331 e. The van der Waals surface area contributed by atoms with Gasteiger partial charge in [-0.15, -0.1) is 0 Å². The molecule has 0 saturated carbocycles. The summed E-state index contributed by atoms with van der Waals surface area (Å²) in [5, 5.41) is -1.15. The average molecular weight is 297 g/mol. The van der Waals surface area contributed by atoms with E-state index in [0.717, 1.165) is 4.90 Å². The van der Waals surface area contributed by atoms with Crippen molar-refractivity contribution in [2.45, 2.75) is 36.1 Å². The van der Waals surface area contributed by atoms with Crippen LogP contribution in [0.5, 0.6) is 0 Å². The number of esters is 1. The molecule has 0 aromatic rings. The van der Waals surface area contributed by atoms with Crippen LogP contribution in [0.2, 0.25) is 0 Å². The maximum absolute atomic E-state index is 12.2. The van der Waals surface area contributed by atoms with Crippen molar-refractivity contribution in [1.29, 1.82) is 0 Å². The molecule has 0 radical (unpaired) electrons. The Bertz CT molecular complexity index is 517. The third kappa shape index (κ3) is 1.36. The Hall–Kier alpha value is -0.860. The van der Waals surface area contributed by atoms with Gasteiger partial charge >= 0.3 is 5.97 Å². The quantitative estimate of drug-likeness (QED) is 0.389. The van der Waals surface area contributed by atoms with Crippen LogP contribution in [0.15, 0.2) is 0 Å². The number of ether oxygens (including phenoxy) is 1. The third-order valence-electron chi connectivity index (χ3n) is 3.53. The van der Waals surface area contributed by atoms with Gasteiger partial charge in [0.2, 0.25) is 5.91 Å². The molecule has 18 heavy (non-hydrogen) atoms. The Morgan fingerprint density at radius 3 is 2.61 bits per heavy atom. The third-order valence-corrected chi connectivity index (χ3v) is 6.48. The highest BCUT2D eigenvalue weighted by Crippen LogP contribution is 2.45. The summed E-state index contributed by atoms with van der Waals surface area (Å²) < 4.78 is 27.7. The average Bonchev–Trinajstić information content (AvgIpc) is 2.41. The van der Waals surface area contributed by atoms with Crippen molar-refractivity contribution in [2.24, 2.45) is 5.73 Å². The predicted octanol–water partition coefficient (Wildman–Crippen LogP) is -1.20. The minimum absolute atomic E-state index is 0.399. The van der Waals surface area contributed by atoms with Crippen LogP contribution in [0.1, 0.15) is 13.8 Å². The number of carbonyl (C=O) groups is 2. The van der Waals surface area contributed by atoms with Crippen molar-refractivity contribution in [3.63, 3.8) is 0 Å². The molecule has 0 aromatic heterocycles. The minimum atomic E-state index is -3.72. The van der Waals surface area contributed by atoms with Gasteiger partial charge in [0.25, 0.3) is 0 Å². The largest absolute Gasteiger partial charge is 0.448 e. The fourth-order valence-electron chi connectivity index (χ4n) is 2.46. The molecule has 2 fully saturated rings. The summed E-state index contributed by atoms with van der Waals surface area (Å²) in [6.45, 7) is 2.75. The second kappa shape index (κ2) is 3.82. The Morgan fingerprint density at radius 1 is 1.56 bits per heavy atom. The van der Waals surface area contributed by atoms with E-state index in [9.17, 15) is 18.0 Å². The molecule has 2 aliphatic rings. The van der Waals surface area contributed by atoms with Gasteiger partial charge in [0, 0.05) is 0 Å². The zero-order chi connectivity index (χ0) is 13.9. The maximum atomic E-state index is 12.2. The smallest absolute Gasteiger partial charge is 0.331 e. The Morgan fingerprint density at radius 2 is 2.11 bits per heavy atom. The molecule has 1 unspecified atom stereocenters. The van der Waals surface area contributed by atoms with Crippen LogP contribution < -0.4 is 5.73 Å². The molecular weight excluding hydrogens is 284 g/mol. The number of nitrogens with two attached hydrogens (primary N) is 1. The fourth-order valence-corrected chi connectivity index (χ4v) is 4.74. The van der Waals surface area contributed by atoms with E-state index in [1.54, 1.807) is 0 Å². The summed E-state index contributed by atoms with van der Waals surface area (Å²) in [6, 6.07) is -2.70. The Labute approximate surface area is 109 Å². The van der Waals surface area contributed by atoms with E-state index in [1.165, 1.54) is 13.8 Å². The zero-order valence-electron chi connectivity index (χ0n) is 9.79. The molecule has 2 aliphatic heterocycles. The minimum Gasteiger partial charge on any atom is -0.448 e. The normalized spacial score (nSPS) is 35.9. The summed E-state index contributed by atoms with van der Waals surface area (Å²) in [4.78, 5) is 24.4. The van der Waals surface area contributed by atoms with Crippen LogP contribution >= 0.6 is 11.6 Å². The molecule has 3 atom stereocenters. The molecule has 0 bridgehead atoms. The number of fused-ring (bicyclic) bond motifs is 1. The highest BCUT2D eigenvalue weighted by Gasteiger charge is 2.71. The van der Waals surface area contributed by atoms with Crippen LogP contribution in [0, 0.1) is 0 Å². The first-order valence-corrected chi connectivity index (χ1v) is 7.30. The van der Waals surface area contributed by atoms with Gasteiger partial charge < -0.3 is 15.4 Å². The Kier molecular flexibility index (Phi) is 2.88. The molecule has 102 valence electrons. The van der Waals surface area contributed by atoms with Gasteiger partial charge in [0.1, 0.15) is 16.8 Å². The lowest BCUT2D eigenvalue weighted by atomic mass is 9.96. The predicted molar refractivity (Wildman–Crippen MR) is 62.2 cm³/mol. The number of hydrogen-bond donors (Lipinski definition) is 1. The number of sulfone groups is 1. The molecule has 2 N–H and O–H groups in total. The van der Waals surface area contributed by atoms with Gasteiger partial charge in [0.05, 0.1) is 0 Å². The summed E-state index contributed by atoms with van der Waals surface area (Å²) in [7, 11) is -3.72. The number of amides is 1. The van der Waals surface area contributed by atoms with E-state index in [1.807, 2.05) is 0 Å². The van der Waals surface area contributed by atoms with Gasteiger partial charge in [-0.1, -0.05) is 11.6 Å². The number of nitrogens with zero attached hydrogens (tertiary/aromatic N) is 1. The van der Waals surface area contributed by atoms with Crippen molar-refractivity contribution >= 4 is 33.3 Å². The van der Waals surface area contributed by atoms with Crippen molar-refractivity contribution in [1.82, 2.24) is 4.90 Å². The van der Waals surface area contributed by atoms with Crippen molar-refractivity contribution in [3.05, 3.63) is 0 Å². The van der Waals surface area contributed by atoms with Gasteiger partial charge in [-0.05, 0) is 13.8 Å². The molecule has 7 nitrogen and oxygen atoms in total. The fraction of sp³-hybridized carbons (Fsp3) is 0.778. The molecule has 9 heteroatoms. The monoisotopic (exact) mass is 296 g/mol. The number of carbonyl (C=O) groups excluding carboxylic acids is 2. The van der Waals surface area contributed by atoms with E-state index in [0.29, 0.717) is 0 Å². The van der Waals surface area contributed by atoms with Gasteiger partial charge in [0.15, 0.2) is 21.3 Å². The molecule has 0 aromatic carbocycles. The van der Waals surface area contributed by atoms with Crippen molar-refractivity contribution in [2.75, 3.05) is 6.07 Å². The summed E-state index contributed by atoms with van der Waals surface area (Å²) in [5.74, 6) is -1.40. The first kappa shape index (κ1) is 13.6. The molecule has 0 aliphatic carbocycles. The lowest BCUT2D eigenvalue weighted by molar-refractivity contribution is -0.161. The zero-order valence-corrected chi connectivity index (χ0v) is 11.4. The van der Waals surface area contributed by atoms with Gasteiger partial charge in [-0.2, -0.15) is 0 Å². The second-order valence-electron chi connectivity index (χ2n) is 4.79. The molecule has 2 rings (SSSR count). The van der Waals surface area contributed by atoms with E-state index in [-0.39, 0.29) is 0 Å². The molecule has 2 saturated heterocycles. The van der Waals surface area contributed by atoms with E-state index >= 15 is 0 Å². The van der Waals surface area contributed by atoms with Crippen LogP contribution in [-0.4, -0.2) is 53.5 Å². The van der Waals surface area contributed by atoms with E-state index in [4.69, 9.17) is 17.3 Å². The highest BCUT2D eigenvalue weighted by molar-refractivity contribution is 7.94. The lowest BCUT2D eigenvalue weighted by Gasteiger charge is -2.40. The number of rotatable bonds is 2. The summed E-state index contributed by atoms with van der Waals surface area (Å²) in [6.07, 6.45) is 0. The van der Waals surface area contributed by atoms with Crippen LogP contribution in [-0.2, 0) is 24.2 Å². The van der Waals surface area contributed by atoms with Crippen molar-refractivity contribution in [3.8, 4) is 0 Å². The topological polar surface area (TPSA) is 107 Å². The summed E-state index contributed by atoms with van der Waals surface area (Å²) >= 11 is 5.29. The highest BCUT2D eigenvalue weighted by atomic mass is 35.5. The molecule has 0 spiro atoms. The molecular formula is C9H13ClN2O5S. The van der Waals surface area contributed by atoms with Crippen molar-refractivity contribution < 1.29 is 22.7 Å². The number of β-lactam (4-membered cyclic amide) rings is 1. The standard InChI is InChI=1S/C9H13ClN2O5S/c1-9(2)5(8(14)17-3-10)12-6(13)4(11)7(12)18(9,15)16/h4-5,7H,3,11H2,1-2H3/t4?,5-,7+/m0/s1. The first-order valence-electron chi connectivity index (χ1n) is 5.21.